The molecule has 0 N–H and O–H groups in total. The second-order valence-electron chi connectivity index (χ2n) is 9.14. The highest BCUT2D eigenvalue weighted by molar-refractivity contribution is 6.21. The molecule has 0 fully saturated rings. The van der Waals surface area contributed by atoms with Crippen LogP contribution in [0.2, 0.25) is 0 Å². The van der Waals surface area contributed by atoms with E-state index in [9.17, 15) is 5.26 Å². The summed E-state index contributed by atoms with van der Waals surface area (Å²) in [5.41, 5.74) is 5.28. The van der Waals surface area contributed by atoms with Gasteiger partial charge in [0.15, 0.2) is 23.0 Å². The molecule has 3 aromatic rings. The highest BCUT2D eigenvalue weighted by Gasteiger charge is 2.32. The minimum Gasteiger partial charge on any atom is -0.493 e. The number of hydrogen-bond acceptors (Lipinski definition) is 6. The largest absolute Gasteiger partial charge is 0.493 e. The first kappa shape index (κ1) is 25.0. The van der Waals surface area contributed by atoms with Crippen LogP contribution in [0.3, 0.4) is 0 Å². The molecule has 190 valence electrons. The van der Waals surface area contributed by atoms with Crippen LogP contribution in [0.15, 0.2) is 60.7 Å². The van der Waals surface area contributed by atoms with Gasteiger partial charge in [0, 0.05) is 19.5 Å². The standard InChI is InChI=1S/C30H29ClN2O4/c1-20-13-28-29(37-19-36-28)14-22(20)9-10-26-24-16-27(34-2)30(35-18-21-7-4-3-5-8-21)15-23(24)25(31)17-33(26)12-6-11-32/h3-5,7-10,13-16,25-26H,6,12,17-19H2,1-2H3/b10-9+. The molecule has 0 spiro atoms. The predicted molar refractivity (Wildman–Crippen MR) is 143 cm³/mol. The quantitative estimate of drug-likeness (QED) is 0.315. The summed E-state index contributed by atoms with van der Waals surface area (Å²) in [4.78, 5) is 2.24. The van der Waals surface area contributed by atoms with E-state index in [0.717, 1.165) is 39.3 Å². The van der Waals surface area contributed by atoms with Gasteiger partial charge in [-0.2, -0.15) is 5.26 Å². The number of alkyl halides is 1. The van der Waals surface area contributed by atoms with Crippen molar-refractivity contribution in [2.24, 2.45) is 0 Å². The van der Waals surface area contributed by atoms with E-state index in [-0.39, 0.29) is 18.2 Å². The van der Waals surface area contributed by atoms with Crippen LogP contribution in [0, 0.1) is 18.3 Å². The Morgan fingerprint density at radius 1 is 1.08 bits per heavy atom. The van der Waals surface area contributed by atoms with Crippen LogP contribution in [0.25, 0.3) is 6.08 Å². The van der Waals surface area contributed by atoms with Crippen molar-refractivity contribution in [2.75, 3.05) is 27.0 Å². The molecular formula is C30H29ClN2O4. The van der Waals surface area contributed by atoms with Gasteiger partial charge >= 0.3 is 0 Å². The maximum absolute atomic E-state index is 9.26. The fourth-order valence-electron chi connectivity index (χ4n) is 4.82. The summed E-state index contributed by atoms with van der Waals surface area (Å²) in [6.07, 6.45) is 4.68. The summed E-state index contributed by atoms with van der Waals surface area (Å²) < 4.78 is 23.0. The minimum absolute atomic E-state index is 0.0831. The Balaban J connectivity index is 1.49. The van der Waals surface area contributed by atoms with Crippen LogP contribution in [-0.4, -0.2) is 31.9 Å². The molecule has 0 bridgehead atoms. The molecule has 2 atom stereocenters. The van der Waals surface area contributed by atoms with Gasteiger partial charge in [0.2, 0.25) is 6.79 Å². The molecule has 7 heteroatoms. The minimum atomic E-state index is -0.240. The summed E-state index contributed by atoms with van der Waals surface area (Å²) in [7, 11) is 1.65. The van der Waals surface area contributed by atoms with Crippen LogP contribution >= 0.6 is 11.6 Å². The van der Waals surface area contributed by atoms with E-state index in [4.69, 9.17) is 30.5 Å². The van der Waals surface area contributed by atoms with Crippen molar-refractivity contribution in [1.29, 1.82) is 5.26 Å². The summed E-state index contributed by atoms with van der Waals surface area (Å²) in [6, 6.07) is 20.2. The van der Waals surface area contributed by atoms with Crippen molar-refractivity contribution in [2.45, 2.75) is 31.4 Å². The molecule has 3 aromatic carbocycles. The van der Waals surface area contributed by atoms with E-state index in [1.807, 2.05) is 54.6 Å². The van der Waals surface area contributed by atoms with Crippen LogP contribution in [0.4, 0.5) is 0 Å². The maximum Gasteiger partial charge on any atom is 0.231 e. The molecule has 0 amide bonds. The molecule has 0 radical (unpaired) electrons. The molecule has 2 aliphatic heterocycles. The topological polar surface area (TPSA) is 64.0 Å². The number of nitriles is 1. The smallest absolute Gasteiger partial charge is 0.231 e. The Hall–Kier alpha value is -3.66. The number of rotatable bonds is 8. The summed E-state index contributed by atoms with van der Waals surface area (Å²) in [6.45, 7) is 3.96. The van der Waals surface area contributed by atoms with Crippen LogP contribution in [0.5, 0.6) is 23.0 Å². The Kier molecular flexibility index (Phi) is 7.55. The van der Waals surface area contributed by atoms with Gasteiger partial charge in [0.05, 0.1) is 24.6 Å². The highest BCUT2D eigenvalue weighted by Crippen LogP contribution is 2.45. The normalized spacial score (nSPS) is 18.4. The molecule has 2 unspecified atom stereocenters. The second kappa shape index (κ2) is 11.2. The number of nitrogens with zero attached hydrogens (tertiary/aromatic N) is 2. The molecule has 0 saturated carbocycles. The van der Waals surface area contributed by atoms with E-state index in [1.165, 1.54) is 0 Å². The lowest BCUT2D eigenvalue weighted by atomic mass is 9.90. The molecular weight excluding hydrogens is 488 g/mol. The Morgan fingerprint density at radius 2 is 1.84 bits per heavy atom. The number of fused-ring (bicyclic) bond motifs is 2. The van der Waals surface area contributed by atoms with Gasteiger partial charge in [-0.1, -0.05) is 42.5 Å². The fourth-order valence-corrected chi connectivity index (χ4v) is 5.19. The number of benzene rings is 3. The van der Waals surface area contributed by atoms with Gasteiger partial charge < -0.3 is 18.9 Å². The fraction of sp³-hybridized carbons (Fsp3) is 0.300. The first-order valence-corrected chi connectivity index (χ1v) is 12.7. The average molecular weight is 517 g/mol. The summed E-state index contributed by atoms with van der Waals surface area (Å²) in [5, 5.41) is 9.02. The molecule has 0 aliphatic carbocycles. The number of halogens is 1. The predicted octanol–water partition coefficient (Wildman–Crippen LogP) is 6.58. The lowest BCUT2D eigenvalue weighted by Crippen LogP contribution is -2.36. The van der Waals surface area contributed by atoms with Crippen LogP contribution < -0.4 is 18.9 Å². The van der Waals surface area contributed by atoms with E-state index < -0.39 is 0 Å². The maximum atomic E-state index is 9.26. The number of aryl methyl sites for hydroxylation is 1. The lowest BCUT2D eigenvalue weighted by molar-refractivity contribution is 0.174. The molecule has 37 heavy (non-hydrogen) atoms. The molecule has 0 aromatic heterocycles. The van der Waals surface area contributed by atoms with E-state index >= 15 is 0 Å². The Morgan fingerprint density at radius 3 is 2.59 bits per heavy atom. The first-order chi connectivity index (χ1) is 18.1. The number of methoxy groups -OCH3 is 1. The molecule has 5 rings (SSSR count). The summed E-state index contributed by atoms with van der Waals surface area (Å²) >= 11 is 6.90. The zero-order chi connectivity index (χ0) is 25.8. The van der Waals surface area contributed by atoms with E-state index in [1.54, 1.807) is 7.11 Å². The molecule has 0 saturated heterocycles. The van der Waals surface area contributed by atoms with Gasteiger partial charge in [0.25, 0.3) is 0 Å². The van der Waals surface area contributed by atoms with Crippen molar-refractivity contribution in [3.05, 3.63) is 88.5 Å². The third-order valence-corrected chi connectivity index (χ3v) is 7.15. The first-order valence-electron chi connectivity index (χ1n) is 12.3. The monoisotopic (exact) mass is 516 g/mol. The van der Waals surface area contributed by atoms with Crippen molar-refractivity contribution in [3.8, 4) is 29.1 Å². The van der Waals surface area contributed by atoms with Gasteiger partial charge in [-0.3, -0.25) is 4.90 Å². The van der Waals surface area contributed by atoms with Gasteiger partial charge in [-0.05, 0) is 59.0 Å². The van der Waals surface area contributed by atoms with Crippen molar-refractivity contribution in [1.82, 2.24) is 4.90 Å². The zero-order valence-corrected chi connectivity index (χ0v) is 21.7. The van der Waals surface area contributed by atoms with Crippen LogP contribution in [0.1, 0.15) is 45.7 Å². The van der Waals surface area contributed by atoms with Gasteiger partial charge in [-0.15, -0.1) is 11.6 Å². The van der Waals surface area contributed by atoms with Gasteiger partial charge in [-0.25, -0.2) is 0 Å². The molecule has 2 heterocycles. The SMILES string of the molecule is COc1cc2c(cc1OCc1ccccc1)C(Cl)CN(CCC#N)C2/C=C/c1cc2c(cc1C)OCO2. The Bertz CT molecular complexity index is 1340. The number of hydrogen-bond donors (Lipinski definition) is 0. The third-order valence-electron chi connectivity index (χ3n) is 6.78. The van der Waals surface area contributed by atoms with Crippen molar-refractivity contribution in [3.63, 3.8) is 0 Å². The lowest BCUT2D eigenvalue weighted by Gasteiger charge is -2.38. The Labute approximate surface area is 222 Å². The van der Waals surface area contributed by atoms with Crippen molar-refractivity contribution < 1.29 is 18.9 Å². The average Bonchev–Trinajstić information content (AvgIpc) is 3.37. The zero-order valence-electron chi connectivity index (χ0n) is 20.9. The van der Waals surface area contributed by atoms with Crippen molar-refractivity contribution >= 4 is 17.7 Å². The number of ether oxygens (including phenoxy) is 4. The van der Waals surface area contributed by atoms with E-state index in [2.05, 4.69) is 30.0 Å². The molecule has 6 nitrogen and oxygen atoms in total. The second-order valence-corrected chi connectivity index (χ2v) is 9.67. The molecule has 2 aliphatic rings. The summed E-state index contributed by atoms with van der Waals surface area (Å²) in [5.74, 6) is 2.83. The highest BCUT2D eigenvalue weighted by atomic mass is 35.5. The van der Waals surface area contributed by atoms with Crippen LogP contribution in [-0.2, 0) is 6.61 Å². The van der Waals surface area contributed by atoms with E-state index in [0.29, 0.717) is 37.6 Å². The third kappa shape index (κ3) is 5.39. The van der Waals surface area contributed by atoms with Gasteiger partial charge in [0.1, 0.15) is 6.61 Å².